The zero-order valence-corrected chi connectivity index (χ0v) is 16.4. The Labute approximate surface area is 163 Å². The number of amides is 1. The lowest BCUT2D eigenvalue weighted by molar-refractivity contribution is -0.146. The summed E-state index contributed by atoms with van der Waals surface area (Å²) in [4.78, 5) is 26.3. The summed E-state index contributed by atoms with van der Waals surface area (Å²) in [7, 11) is 3.03. The van der Waals surface area contributed by atoms with Crippen LogP contribution in [0.15, 0.2) is 12.1 Å². The molecule has 0 spiro atoms. The predicted molar refractivity (Wildman–Crippen MR) is 102 cm³/mol. The Kier molecular flexibility index (Phi) is 8.15. The Morgan fingerprint density at radius 1 is 1.26 bits per heavy atom. The Hall–Kier alpha value is -2.03. The van der Waals surface area contributed by atoms with E-state index in [2.05, 4.69) is 5.32 Å². The lowest BCUT2D eigenvalue weighted by Gasteiger charge is -2.31. The largest absolute Gasteiger partial charge is 0.496 e. The molecule has 0 saturated carbocycles. The number of esters is 1. The van der Waals surface area contributed by atoms with E-state index in [0.29, 0.717) is 41.7 Å². The van der Waals surface area contributed by atoms with Crippen LogP contribution in [0.5, 0.6) is 5.75 Å². The van der Waals surface area contributed by atoms with Crippen molar-refractivity contribution < 1.29 is 23.8 Å². The Bertz CT molecular complexity index is 663. The van der Waals surface area contributed by atoms with Crippen LogP contribution in [0.2, 0.25) is 5.02 Å². The van der Waals surface area contributed by atoms with Crippen LogP contribution < -0.4 is 15.8 Å². The number of nitrogens with zero attached hydrogens (tertiary/aromatic N) is 1. The van der Waals surface area contributed by atoms with E-state index in [0.717, 1.165) is 12.8 Å². The fraction of sp³-hybridized carbons (Fsp3) is 0.556. The number of piperidine rings is 1. The number of hydrogen-bond donors (Lipinski definition) is 2. The minimum atomic E-state index is -0.268. The van der Waals surface area contributed by atoms with Gasteiger partial charge in [0.2, 0.25) is 0 Å². The van der Waals surface area contributed by atoms with Gasteiger partial charge in [-0.2, -0.15) is 0 Å². The fourth-order valence-corrected chi connectivity index (χ4v) is 3.04. The van der Waals surface area contributed by atoms with Crippen molar-refractivity contribution in [3.63, 3.8) is 0 Å². The SMILES string of the molecule is COCCOC(=O)CN1CCC(NC(=O)c2cc(Cl)c(N)cc2OC)CC1. The van der Waals surface area contributed by atoms with Gasteiger partial charge in [0.15, 0.2) is 0 Å². The summed E-state index contributed by atoms with van der Waals surface area (Å²) in [6.45, 7) is 2.28. The lowest BCUT2D eigenvalue weighted by atomic mass is 10.0. The maximum atomic E-state index is 12.6. The van der Waals surface area contributed by atoms with Crippen molar-refractivity contribution in [3.8, 4) is 5.75 Å². The van der Waals surface area contributed by atoms with Crippen molar-refractivity contribution in [3.05, 3.63) is 22.7 Å². The van der Waals surface area contributed by atoms with Gasteiger partial charge in [-0.15, -0.1) is 0 Å². The van der Waals surface area contributed by atoms with Gasteiger partial charge in [0, 0.05) is 32.3 Å². The van der Waals surface area contributed by atoms with E-state index < -0.39 is 0 Å². The summed E-state index contributed by atoms with van der Waals surface area (Å²) in [6.07, 6.45) is 1.48. The number of ether oxygens (including phenoxy) is 3. The molecule has 1 aromatic rings. The third-order valence-electron chi connectivity index (χ3n) is 4.39. The molecule has 2 rings (SSSR count). The number of nitrogen functional groups attached to an aromatic ring is 1. The van der Waals surface area contributed by atoms with Crippen LogP contribution in [0.1, 0.15) is 23.2 Å². The maximum Gasteiger partial charge on any atom is 0.320 e. The van der Waals surface area contributed by atoms with Crippen LogP contribution in [0.3, 0.4) is 0 Å². The van der Waals surface area contributed by atoms with Crippen molar-refractivity contribution in [2.75, 3.05) is 52.8 Å². The van der Waals surface area contributed by atoms with E-state index in [1.807, 2.05) is 4.90 Å². The van der Waals surface area contributed by atoms with Gasteiger partial charge in [-0.1, -0.05) is 11.6 Å². The van der Waals surface area contributed by atoms with E-state index in [9.17, 15) is 9.59 Å². The van der Waals surface area contributed by atoms with E-state index in [-0.39, 0.29) is 31.1 Å². The van der Waals surface area contributed by atoms with E-state index in [4.69, 9.17) is 31.5 Å². The molecule has 1 amide bonds. The quantitative estimate of drug-likeness (QED) is 0.386. The highest BCUT2D eigenvalue weighted by molar-refractivity contribution is 6.33. The number of benzene rings is 1. The second-order valence-corrected chi connectivity index (χ2v) is 6.72. The molecule has 1 aliphatic heterocycles. The number of likely N-dealkylation sites (tertiary alicyclic amines) is 1. The van der Waals surface area contributed by atoms with E-state index in [1.165, 1.54) is 19.2 Å². The molecule has 0 bridgehead atoms. The zero-order valence-electron chi connectivity index (χ0n) is 15.6. The average molecular weight is 400 g/mol. The normalized spacial score (nSPS) is 15.4. The number of methoxy groups -OCH3 is 2. The number of halogens is 1. The van der Waals surface area contributed by atoms with Crippen LogP contribution in [0, 0.1) is 0 Å². The van der Waals surface area contributed by atoms with Crippen LogP contribution in [0.25, 0.3) is 0 Å². The van der Waals surface area contributed by atoms with Gasteiger partial charge >= 0.3 is 5.97 Å². The first-order valence-corrected chi connectivity index (χ1v) is 9.13. The highest BCUT2D eigenvalue weighted by atomic mass is 35.5. The molecule has 27 heavy (non-hydrogen) atoms. The molecule has 150 valence electrons. The Morgan fingerprint density at radius 3 is 2.59 bits per heavy atom. The molecule has 8 nitrogen and oxygen atoms in total. The number of anilines is 1. The smallest absolute Gasteiger partial charge is 0.320 e. The standard InChI is InChI=1S/C18H26ClN3O5/c1-25-7-8-27-17(23)11-22-5-3-12(4-6-22)21-18(24)13-9-14(19)15(20)10-16(13)26-2/h9-10,12H,3-8,11,20H2,1-2H3,(H,21,24). The predicted octanol–water partition coefficient (Wildman–Crippen LogP) is 1.31. The van der Waals surface area contributed by atoms with Crippen LogP contribution in [-0.2, 0) is 14.3 Å². The topological polar surface area (TPSA) is 103 Å². The number of rotatable bonds is 8. The fourth-order valence-electron chi connectivity index (χ4n) is 2.88. The Morgan fingerprint density at radius 2 is 1.96 bits per heavy atom. The molecule has 0 aliphatic carbocycles. The molecule has 0 aromatic heterocycles. The summed E-state index contributed by atoms with van der Waals surface area (Å²) >= 11 is 6.02. The van der Waals surface area contributed by atoms with Gasteiger partial charge in [-0.05, 0) is 18.9 Å². The number of nitrogens with one attached hydrogen (secondary N) is 1. The van der Waals surface area contributed by atoms with Crippen LogP contribution in [-0.4, -0.2) is 69.9 Å². The van der Waals surface area contributed by atoms with Gasteiger partial charge in [0.05, 0.1) is 36.5 Å². The average Bonchev–Trinajstić information content (AvgIpc) is 2.65. The molecule has 1 fully saturated rings. The number of nitrogens with two attached hydrogens (primary N) is 1. The molecular formula is C18H26ClN3O5. The summed E-state index contributed by atoms with van der Waals surface area (Å²) in [5.74, 6) is -0.146. The van der Waals surface area contributed by atoms with E-state index >= 15 is 0 Å². The van der Waals surface area contributed by atoms with Crippen molar-refractivity contribution in [1.82, 2.24) is 10.2 Å². The number of carbonyl (C=O) groups is 2. The molecule has 1 saturated heterocycles. The highest BCUT2D eigenvalue weighted by Gasteiger charge is 2.24. The minimum Gasteiger partial charge on any atom is -0.496 e. The summed E-state index contributed by atoms with van der Waals surface area (Å²) in [5.41, 5.74) is 6.45. The van der Waals surface area contributed by atoms with Gasteiger partial charge < -0.3 is 25.3 Å². The van der Waals surface area contributed by atoms with Gasteiger partial charge in [0.25, 0.3) is 5.91 Å². The van der Waals surface area contributed by atoms with Crippen LogP contribution >= 0.6 is 11.6 Å². The van der Waals surface area contributed by atoms with Gasteiger partial charge in [0.1, 0.15) is 12.4 Å². The third-order valence-corrected chi connectivity index (χ3v) is 4.72. The molecule has 0 atom stereocenters. The molecule has 9 heteroatoms. The monoisotopic (exact) mass is 399 g/mol. The Balaban J connectivity index is 1.83. The minimum absolute atomic E-state index is 0.0132. The summed E-state index contributed by atoms with van der Waals surface area (Å²) in [5, 5.41) is 3.30. The van der Waals surface area contributed by atoms with Crippen LogP contribution in [0.4, 0.5) is 5.69 Å². The molecule has 1 aliphatic rings. The van der Waals surface area contributed by atoms with Crippen molar-refractivity contribution in [2.45, 2.75) is 18.9 Å². The number of carbonyl (C=O) groups excluding carboxylic acids is 2. The molecule has 0 radical (unpaired) electrons. The van der Waals surface area contributed by atoms with Crippen molar-refractivity contribution in [1.29, 1.82) is 0 Å². The molecule has 0 unspecified atom stereocenters. The number of hydrogen-bond acceptors (Lipinski definition) is 7. The van der Waals surface area contributed by atoms with E-state index in [1.54, 1.807) is 7.11 Å². The summed E-state index contributed by atoms with van der Waals surface area (Å²) in [6, 6.07) is 3.06. The van der Waals surface area contributed by atoms with Gasteiger partial charge in [-0.3, -0.25) is 14.5 Å². The second-order valence-electron chi connectivity index (χ2n) is 6.31. The third kappa shape index (κ3) is 6.27. The lowest BCUT2D eigenvalue weighted by Crippen LogP contribution is -2.46. The second kappa shape index (κ2) is 10.3. The molecule has 3 N–H and O–H groups in total. The summed E-state index contributed by atoms with van der Waals surface area (Å²) < 4.78 is 15.1. The maximum absolute atomic E-state index is 12.6. The molecular weight excluding hydrogens is 374 g/mol. The first-order chi connectivity index (χ1) is 12.9. The first kappa shape index (κ1) is 21.3. The highest BCUT2D eigenvalue weighted by Crippen LogP contribution is 2.29. The first-order valence-electron chi connectivity index (χ1n) is 8.75. The van der Waals surface area contributed by atoms with Gasteiger partial charge in [-0.25, -0.2) is 0 Å². The van der Waals surface area contributed by atoms with Crippen molar-refractivity contribution in [2.24, 2.45) is 0 Å². The molecule has 1 heterocycles. The zero-order chi connectivity index (χ0) is 19.8. The van der Waals surface area contributed by atoms with Crippen molar-refractivity contribution >= 4 is 29.2 Å². The molecule has 1 aromatic carbocycles.